The van der Waals surface area contributed by atoms with E-state index in [1.165, 1.54) is 89.9 Å². The summed E-state index contributed by atoms with van der Waals surface area (Å²) < 4.78 is 30.4. The summed E-state index contributed by atoms with van der Waals surface area (Å²) in [7, 11) is -3.95. The number of fused-ring (bicyclic) bond motifs is 1. The van der Waals surface area contributed by atoms with Crippen molar-refractivity contribution in [3.8, 4) is 0 Å². The van der Waals surface area contributed by atoms with Crippen LogP contribution in [0.15, 0.2) is 0 Å². The summed E-state index contributed by atoms with van der Waals surface area (Å²) in [5.74, 6) is 0. The van der Waals surface area contributed by atoms with Gasteiger partial charge in [-0.05, 0) is 12.8 Å². The minimum Gasteiger partial charge on any atom is -0.447 e. The third kappa shape index (κ3) is 13.5. The maximum atomic E-state index is 13.8. The summed E-state index contributed by atoms with van der Waals surface area (Å²) in [4.78, 5) is 13.5. The number of carbonyl (C=O) groups excluding carboxylic acids is 1. The molecule has 2 rings (SSSR count). The minimum atomic E-state index is -3.95. The molecule has 10 nitrogen and oxygen atoms in total. The van der Waals surface area contributed by atoms with E-state index in [1.54, 1.807) is 0 Å². The number of piperidine rings is 1. The zero-order valence-electron chi connectivity index (χ0n) is 26.4. The van der Waals surface area contributed by atoms with Crippen molar-refractivity contribution >= 4 is 13.8 Å². The molecule has 1 amide bonds. The lowest BCUT2D eigenvalue weighted by atomic mass is 9.93. The van der Waals surface area contributed by atoms with E-state index in [0.29, 0.717) is 12.8 Å². The molecule has 11 heteroatoms. The lowest BCUT2D eigenvalue weighted by molar-refractivity contribution is -0.145. The summed E-state index contributed by atoms with van der Waals surface area (Å²) >= 11 is 0. The zero-order chi connectivity index (χ0) is 30.6. The van der Waals surface area contributed by atoms with Gasteiger partial charge in [-0.25, -0.2) is 9.36 Å². The number of hydrogen-bond acceptors (Lipinski definition) is 8. The molecule has 2 heterocycles. The van der Waals surface area contributed by atoms with Crippen LogP contribution in [-0.2, 0) is 18.3 Å². The molecule has 5 atom stereocenters. The Labute approximate surface area is 254 Å². The number of carbonyl (C=O) groups is 1. The molecule has 2 fully saturated rings. The van der Waals surface area contributed by atoms with Gasteiger partial charge >= 0.3 is 13.8 Å². The van der Waals surface area contributed by atoms with E-state index in [0.717, 1.165) is 30.6 Å². The van der Waals surface area contributed by atoms with Crippen molar-refractivity contribution in [3.05, 3.63) is 0 Å². The SMILES string of the molecule is CCCCCCCCCCCCOP(=O)(N[C@@H]1[C@@H](O)C(O)[C@H](O)C2COC(=O)N21)OCCCCCCCCCCCC. The Hall–Kier alpha value is -0.740. The third-order valence-corrected chi connectivity index (χ3v) is 10.1. The van der Waals surface area contributed by atoms with Gasteiger partial charge in [0.1, 0.15) is 31.1 Å². The number of aliphatic hydroxyl groups excluding tert-OH is 3. The van der Waals surface area contributed by atoms with Crippen LogP contribution in [0, 0.1) is 0 Å². The Morgan fingerprint density at radius 1 is 0.690 bits per heavy atom. The van der Waals surface area contributed by atoms with Crippen LogP contribution < -0.4 is 5.09 Å². The molecule has 0 aliphatic carbocycles. The van der Waals surface area contributed by atoms with Gasteiger partial charge in [0.05, 0.1) is 19.3 Å². The summed E-state index contributed by atoms with van der Waals surface area (Å²) in [6, 6.07) is -0.870. The summed E-state index contributed by atoms with van der Waals surface area (Å²) in [6.07, 6.45) is 16.6. The van der Waals surface area contributed by atoms with E-state index >= 15 is 0 Å². The van der Waals surface area contributed by atoms with Crippen LogP contribution in [-0.4, -0.2) is 76.7 Å². The fraction of sp³-hybridized carbons (Fsp3) is 0.968. The quantitative estimate of drug-likeness (QED) is 0.0607. The second-order valence-corrected chi connectivity index (χ2v) is 13.9. The summed E-state index contributed by atoms with van der Waals surface area (Å²) in [5, 5.41) is 34.2. The fourth-order valence-corrected chi connectivity index (χ4v) is 7.34. The second-order valence-electron chi connectivity index (χ2n) is 12.1. The van der Waals surface area contributed by atoms with Gasteiger partial charge in [-0.3, -0.25) is 13.9 Å². The average Bonchev–Trinajstić information content (AvgIpc) is 3.37. The average molecular weight is 621 g/mol. The van der Waals surface area contributed by atoms with Gasteiger partial charge in [0.2, 0.25) is 0 Å². The van der Waals surface area contributed by atoms with Crippen LogP contribution in [0.3, 0.4) is 0 Å². The molecule has 0 spiro atoms. The molecule has 0 saturated carbocycles. The maximum Gasteiger partial charge on any atom is 0.411 e. The molecule has 2 aliphatic heterocycles. The van der Waals surface area contributed by atoms with Gasteiger partial charge in [0.25, 0.3) is 0 Å². The summed E-state index contributed by atoms with van der Waals surface area (Å²) in [5.41, 5.74) is 0. The first-order chi connectivity index (χ1) is 20.3. The highest BCUT2D eigenvalue weighted by molar-refractivity contribution is 7.51. The van der Waals surface area contributed by atoms with E-state index in [9.17, 15) is 24.7 Å². The van der Waals surface area contributed by atoms with Crippen LogP contribution in [0.2, 0.25) is 0 Å². The molecule has 2 unspecified atom stereocenters. The zero-order valence-corrected chi connectivity index (χ0v) is 27.3. The minimum absolute atomic E-state index is 0.134. The molecule has 248 valence electrons. The highest BCUT2D eigenvalue weighted by Gasteiger charge is 2.55. The van der Waals surface area contributed by atoms with Crippen molar-refractivity contribution in [2.45, 2.75) is 173 Å². The van der Waals surface area contributed by atoms with E-state index in [2.05, 4.69) is 18.9 Å². The molecular weight excluding hydrogens is 559 g/mol. The second kappa shape index (κ2) is 21.9. The van der Waals surface area contributed by atoms with Gasteiger partial charge in [-0.15, -0.1) is 0 Å². The van der Waals surface area contributed by atoms with Crippen molar-refractivity contribution in [2.75, 3.05) is 19.8 Å². The third-order valence-electron chi connectivity index (χ3n) is 8.47. The number of hydrogen-bond donors (Lipinski definition) is 4. The number of rotatable bonds is 26. The predicted octanol–water partition coefficient (Wildman–Crippen LogP) is 6.80. The van der Waals surface area contributed by atoms with Gasteiger partial charge in [-0.1, -0.05) is 129 Å². The lowest BCUT2D eigenvalue weighted by Crippen LogP contribution is -2.69. The van der Waals surface area contributed by atoms with Crippen molar-refractivity contribution in [3.63, 3.8) is 0 Å². The summed E-state index contributed by atoms with van der Waals surface area (Å²) in [6.45, 7) is 4.73. The number of ether oxygens (including phenoxy) is 1. The number of nitrogens with zero attached hydrogens (tertiary/aromatic N) is 1. The van der Waals surface area contributed by atoms with Crippen LogP contribution in [0.25, 0.3) is 0 Å². The lowest BCUT2D eigenvalue weighted by Gasteiger charge is -2.44. The molecule has 42 heavy (non-hydrogen) atoms. The highest BCUT2D eigenvalue weighted by atomic mass is 31.2. The van der Waals surface area contributed by atoms with Gasteiger partial charge in [0.15, 0.2) is 0 Å². The van der Waals surface area contributed by atoms with Crippen LogP contribution >= 0.6 is 7.75 Å². The number of amides is 1. The van der Waals surface area contributed by atoms with Gasteiger partial charge in [0, 0.05) is 0 Å². The number of nitrogens with one attached hydrogen (secondary N) is 1. The molecule has 2 saturated heterocycles. The van der Waals surface area contributed by atoms with E-state index < -0.39 is 44.4 Å². The van der Waals surface area contributed by atoms with Crippen molar-refractivity contribution < 1.29 is 38.5 Å². The molecule has 0 aromatic rings. The normalized spacial score (nSPS) is 24.3. The largest absolute Gasteiger partial charge is 0.447 e. The maximum absolute atomic E-state index is 13.8. The van der Waals surface area contributed by atoms with Crippen molar-refractivity contribution in [1.29, 1.82) is 0 Å². The predicted molar refractivity (Wildman–Crippen MR) is 165 cm³/mol. The topological polar surface area (TPSA) is 138 Å². The standard InChI is InChI=1S/C31H61N2O8P/c1-3-5-7-9-11-13-15-17-19-21-23-40-42(38,41-24-22-20-18-16-14-12-10-8-6-4-2)32-30-29(36)28(35)27(34)26-25-39-31(37)33(26)30/h26-30,34-36H,3-25H2,1-2H3,(H,32,38)/t26?,27-,28?,29+,30+/m1/s1. The molecule has 0 radical (unpaired) electrons. The van der Waals surface area contributed by atoms with Crippen molar-refractivity contribution in [2.24, 2.45) is 0 Å². The molecule has 0 bridgehead atoms. The Balaban J connectivity index is 1.81. The number of aliphatic hydroxyl groups is 3. The molecular formula is C31H61N2O8P. The molecule has 2 aliphatic rings. The first-order valence-electron chi connectivity index (χ1n) is 17.0. The Bertz CT molecular complexity index is 730. The molecule has 0 aromatic heterocycles. The highest BCUT2D eigenvalue weighted by Crippen LogP contribution is 2.46. The smallest absolute Gasteiger partial charge is 0.411 e. The van der Waals surface area contributed by atoms with E-state index in [1.807, 2.05) is 0 Å². The van der Waals surface area contributed by atoms with Crippen LogP contribution in [0.1, 0.15) is 142 Å². The Morgan fingerprint density at radius 3 is 1.52 bits per heavy atom. The van der Waals surface area contributed by atoms with Gasteiger partial charge in [-0.2, -0.15) is 5.09 Å². The molecule has 4 N–H and O–H groups in total. The van der Waals surface area contributed by atoms with Crippen LogP contribution in [0.5, 0.6) is 0 Å². The van der Waals surface area contributed by atoms with Gasteiger partial charge < -0.3 is 20.1 Å². The molecule has 0 aromatic carbocycles. The number of unbranched alkanes of at least 4 members (excludes halogenated alkanes) is 18. The van der Waals surface area contributed by atoms with Crippen LogP contribution in [0.4, 0.5) is 4.79 Å². The first-order valence-corrected chi connectivity index (χ1v) is 18.5. The fourth-order valence-electron chi connectivity index (χ4n) is 5.77. The van der Waals surface area contributed by atoms with E-state index in [-0.39, 0.29) is 19.8 Å². The Kier molecular flexibility index (Phi) is 19.5. The van der Waals surface area contributed by atoms with Crippen molar-refractivity contribution in [1.82, 2.24) is 9.99 Å². The first kappa shape index (κ1) is 37.4. The monoisotopic (exact) mass is 620 g/mol. The Morgan fingerprint density at radius 2 is 1.10 bits per heavy atom. The number of cyclic esters (lactones) is 1. The van der Waals surface area contributed by atoms with E-state index in [4.69, 9.17) is 13.8 Å².